The van der Waals surface area contributed by atoms with E-state index in [2.05, 4.69) is 0 Å². The largest absolute Gasteiger partial charge is 0.399 e. The van der Waals surface area contributed by atoms with Crippen LogP contribution in [-0.2, 0) is 0 Å². The van der Waals surface area contributed by atoms with Crippen LogP contribution in [0.4, 0.5) is 18.9 Å². The van der Waals surface area contributed by atoms with Gasteiger partial charge in [-0.2, -0.15) is 13.2 Å². The highest BCUT2D eigenvalue weighted by Crippen LogP contribution is 2.26. The molecule has 1 rings (SSSR count). The molecule has 1 aromatic carbocycles. The number of benzene rings is 1. The summed E-state index contributed by atoms with van der Waals surface area (Å²) in [6, 6.07) is 5.51. The van der Waals surface area contributed by atoms with Crippen LogP contribution in [-0.4, -0.2) is 11.9 Å². The molecule has 0 aliphatic rings. The third-order valence-electron chi connectivity index (χ3n) is 2.11. The molecule has 1 nitrogen and oxygen atoms in total. The van der Waals surface area contributed by atoms with Crippen molar-refractivity contribution >= 4 is 17.4 Å². The van der Waals surface area contributed by atoms with Crippen LogP contribution in [0.15, 0.2) is 23.1 Å². The fourth-order valence-electron chi connectivity index (χ4n) is 1.20. The van der Waals surface area contributed by atoms with Crippen molar-refractivity contribution in [2.75, 3.05) is 11.5 Å². The van der Waals surface area contributed by atoms with Gasteiger partial charge in [0.05, 0.1) is 0 Å². The smallest absolute Gasteiger partial charge is 0.389 e. The van der Waals surface area contributed by atoms with Crippen LogP contribution in [0.3, 0.4) is 0 Å². The lowest BCUT2D eigenvalue weighted by molar-refractivity contribution is -0.134. The van der Waals surface area contributed by atoms with Gasteiger partial charge in [0.1, 0.15) is 0 Å². The van der Waals surface area contributed by atoms with Gasteiger partial charge in [-0.25, -0.2) is 0 Å². The SMILES string of the molecule is Cc1cc(SCCCC(F)(F)F)ccc1N. The van der Waals surface area contributed by atoms with Gasteiger partial charge in [-0.3, -0.25) is 0 Å². The molecule has 0 saturated heterocycles. The first kappa shape index (κ1) is 13.2. The van der Waals surface area contributed by atoms with E-state index in [-0.39, 0.29) is 6.42 Å². The van der Waals surface area contributed by atoms with E-state index in [1.165, 1.54) is 11.8 Å². The summed E-state index contributed by atoms with van der Waals surface area (Å²) in [6.07, 6.45) is -4.61. The highest BCUT2D eigenvalue weighted by atomic mass is 32.2. The van der Waals surface area contributed by atoms with Gasteiger partial charge in [-0.15, -0.1) is 11.8 Å². The highest BCUT2D eigenvalue weighted by molar-refractivity contribution is 7.99. The van der Waals surface area contributed by atoms with Crippen LogP contribution < -0.4 is 5.73 Å². The molecule has 0 heterocycles. The summed E-state index contributed by atoms with van der Waals surface area (Å²) in [4.78, 5) is 0.967. The zero-order valence-corrected chi connectivity index (χ0v) is 9.79. The molecular formula is C11H14F3NS. The second kappa shape index (κ2) is 5.48. The number of anilines is 1. The van der Waals surface area contributed by atoms with Crippen molar-refractivity contribution in [1.29, 1.82) is 0 Å². The molecule has 90 valence electrons. The number of halogens is 3. The van der Waals surface area contributed by atoms with E-state index in [4.69, 9.17) is 5.73 Å². The van der Waals surface area contributed by atoms with Crippen molar-refractivity contribution in [2.45, 2.75) is 30.8 Å². The first-order valence-corrected chi connectivity index (χ1v) is 5.93. The maximum atomic E-state index is 11.9. The molecule has 1 aromatic rings. The monoisotopic (exact) mass is 249 g/mol. The molecule has 0 aromatic heterocycles. The Morgan fingerprint density at radius 3 is 2.56 bits per heavy atom. The number of nitrogen functional groups attached to an aromatic ring is 1. The van der Waals surface area contributed by atoms with Crippen molar-refractivity contribution in [3.05, 3.63) is 23.8 Å². The Balaban J connectivity index is 2.35. The van der Waals surface area contributed by atoms with Crippen LogP contribution in [0.5, 0.6) is 0 Å². The predicted molar refractivity (Wildman–Crippen MR) is 61.6 cm³/mol. The maximum Gasteiger partial charge on any atom is 0.389 e. The van der Waals surface area contributed by atoms with Gasteiger partial charge in [-0.05, 0) is 42.9 Å². The quantitative estimate of drug-likeness (QED) is 0.495. The lowest BCUT2D eigenvalue weighted by Crippen LogP contribution is -2.06. The molecule has 0 unspecified atom stereocenters. The lowest BCUT2D eigenvalue weighted by Gasteiger charge is -2.07. The summed E-state index contributed by atoms with van der Waals surface area (Å²) in [6.45, 7) is 1.88. The van der Waals surface area contributed by atoms with Gasteiger partial charge >= 0.3 is 6.18 Å². The minimum Gasteiger partial charge on any atom is -0.399 e. The molecule has 0 bridgehead atoms. The number of hydrogen-bond acceptors (Lipinski definition) is 2. The topological polar surface area (TPSA) is 26.0 Å². The molecule has 5 heteroatoms. The number of hydrogen-bond donors (Lipinski definition) is 1. The van der Waals surface area contributed by atoms with E-state index < -0.39 is 12.6 Å². The van der Waals surface area contributed by atoms with Crippen molar-refractivity contribution in [3.8, 4) is 0 Å². The summed E-state index contributed by atoms with van der Waals surface area (Å²) in [5.41, 5.74) is 7.31. The van der Waals surface area contributed by atoms with Gasteiger partial charge in [0.25, 0.3) is 0 Å². The summed E-state index contributed by atoms with van der Waals surface area (Å²) in [7, 11) is 0. The minimum atomic E-state index is -4.04. The Morgan fingerprint density at radius 1 is 1.31 bits per heavy atom. The molecule has 0 amide bonds. The lowest BCUT2D eigenvalue weighted by atomic mass is 10.2. The first-order valence-electron chi connectivity index (χ1n) is 4.94. The molecule has 0 radical (unpaired) electrons. The summed E-state index contributed by atoms with van der Waals surface area (Å²) in [5.74, 6) is 0.475. The molecular weight excluding hydrogens is 235 g/mol. The van der Waals surface area contributed by atoms with E-state index in [9.17, 15) is 13.2 Å². The van der Waals surface area contributed by atoms with Gasteiger partial charge in [0.2, 0.25) is 0 Å². The zero-order valence-electron chi connectivity index (χ0n) is 8.97. The average molecular weight is 249 g/mol. The molecule has 0 aliphatic carbocycles. The third kappa shape index (κ3) is 4.79. The number of alkyl halides is 3. The Labute approximate surface area is 97.2 Å². The number of aryl methyl sites for hydroxylation is 1. The van der Waals surface area contributed by atoms with E-state index in [0.717, 1.165) is 10.5 Å². The standard InChI is InChI=1S/C11H14F3NS/c1-8-7-9(3-4-10(8)15)16-6-2-5-11(12,13)14/h3-4,7H,2,5-6,15H2,1H3. The Hall–Kier alpha value is -0.840. The van der Waals surface area contributed by atoms with E-state index >= 15 is 0 Å². The zero-order chi connectivity index (χ0) is 12.2. The van der Waals surface area contributed by atoms with Gasteiger partial charge in [0.15, 0.2) is 0 Å². The van der Waals surface area contributed by atoms with Gasteiger partial charge in [0, 0.05) is 17.0 Å². The summed E-state index contributed by atoms with van der Waals surface area (Å²) in [5, 5.41) is 0. The van der Waals surface area contributed by atoms with Crippen LogP contribution in [0.25, 0.3) is 0 Å². The van der Waals surface area contributed by atoms with Gasteiger partial charge in [-0.1, -0.05) is 0 Å². The minimum absolute atomic E-state index is 0.150. The molecule has 2 N–H and O–H groups in total. The number of thioether (sulfide) groups is 1. The van der Waals surface area contributed by atoms with Gasteiger partial charge < -0.3 is 5.73 Å². The van der Waals surface area contributed by atoms with Crippen molar-refractivity contribution in [3.63, 3.8) is 0 Å². The van der Waals surface area contributed by atoms with E-state index in [1.54, 1.807) is 6.07 Å². The second-order valence-corrected chi connectivity index (χ2v) is 4.75. The molecule has 0 atom stereocenters. The normalized spacial score (nSPS) is 11.8. The third-order valence-corrected chi connectivity index (χ3v) is 3.19. The van der Waals surface area contributed by atoms with Crippen LogP contribution in [0.1, 0.15) is 18.4 Å². The number of rotatable bonds is 4. The Bertz CT molecular complexity index is 350. The van der Waals surface area contributed by atoms with E-state index in [1.807, 2.05) is 19.1 Å². The first-order chi connectivity index (χ1) is 7.38. The second-order valence-electron chi connectivity index (χ2n) is 3.59. The molecule has 0 aliphatic heterocycles. The summed E-state index contributed by atoms with van der Waals surface area (Å²) >= 11 is 1.43. The van der Waals surface area contributed by atoms with Crippen molar-refractivity contribution in [2.24, 2.45) is 0 Å². The van der Waals surface area contributed by atoms with Crippen LogP contribution in [0, 0.1) is 6.92 Å². The Morgan fingerprint density at radius 2 is 2.00 bits per heavy atom. The fourth-order valence-corrected chi connectivity index (χ4v) is 2.15. The fraction of sp³-hybridized carbons (Fsp3) is 0.455. The average Bonchev–Trinajstić information content (AvgIpc) is 2.17. The molecule has 0 spiro atoms. The maximum absolute atomic E-state index is 11.9. The van der Waals surface area contributed by atoms with Crippen LogP contribution in [0.2, 0.25) is 0 Å². The molecule has 0 fully saturated rings. The molecule has 0 saturated carbocycles. The van der Waals surface area contributed by atoms with Crippen molar-refractivity contribution < 1.29 is 13.2 Å². The van der Waals surface area contributed by atoms with E-state index in [0.29, 0.717) is 11.4 Å². The highest BCUT2D eigenvalue weighted by Gasteiger charge is 2.25. The van der Waals surface area contributed by atoms with Crippen molar-refractivity contribution in [1.82, 2.24) is 0 Å². The summed E-state index contributed by atoms with van der Waals surface area (Å²) < 4.78 is 35.6. The molecule has 16 heavy (non-hydrogen) atoms. The predicted octanol–water partition coefficient (Wildman–Crippen LogP) is 4.01. The van der Waals surface area contributed by atoms with Crippen LogP contribution >= 0.6 is 11.8 Å². The number of nitrogens with two attached hydrogens (primary N) is 1. The Kier molecular flexibility index (Phi) is 4.53.